The van der Waals surface area contributed by atoms with Gasteiger partial charge >= 0.3 is 0 Å². The summed E-state index contributed by atoms with van der Waals surface area (Å²) in [6.07, 6.45) is 2.37. The van der Waals surface area contributed by atoms with Crippen molar-refractivity contribution in [2.75, 3.05) is 32.7 Å². The summed E-state index contributed by atoms with van der Waals surface area (Å²) >= 11 is 0. The van der Waals surface area contributed by atoms with Crippen LogP contribution in [-0.2, 0) is 6.54 Å². The van der Waals surface area contributed by atoms with Crippen LogP contribution in [0.15, 0.2) is 84.9 Å². The summed E-state index contributed by atoms with van der Waals surface area (Å²) in [6, 6.07) is 29.0. The van der Waals surface area contributed by atoms with Gasteiger partial charge in [0.1, 0.15) is 11.5 Å². The van der Waals surface area contributed by atoms with Gasteiger partial charge in [0.15, 0.2) is 0 Å². The van der Waals surface area contributed by atoms with E-state index in [1.54, 1.807) is 0 Å². The molecule has 0 aliphatic carbocycles. The third-order valence-corrected chi connectivity index (χ3v) is 7.32. The smallest absolute Gasteiger partial charge is 0.253 e. The van der Waals surface area contributed by atoms with Crippen molar-refractivity contribution in [1.29, 1.82) is 0 Å². The first-order valence-electron chi connectivity index (χ1n) is 12.8. The van der Waals surface area contributed by atoms with E-state index in [1.807, 2.05) is 65.6 Å². The van der Waals surface area contributed by atoms with Gasteiger partial charge in [0.25, 0.3) is 5.91 Å². The normalized spacial score (nSPS) is 20.0. The standard InChI is InChI=1S/C30H35N3O2/c1-24-22-32(30(34)26-8-4-2-5-9-26)20-21-33(24)27-16-18-31(19-17-27)23-25-12-14-29(15-13-25)35-28-10-6-3-7-11-28/h2-15,24,27H,16-23H2,1H3. The molecule has 5 nitrogen and oxygen atoms in total. The van der Waals surface area contributed by atoms with Crippen LogP contribution in [0.2, 0.25) is 0 Å². The van der Waals surface area contributed by atoms with E-state index in [0.29, 0.717) is 12.1 Å². The number of piperidine rings is 1. The molecule has 3 aromatic carbocycles. The van der Waals surface area contributed by atoms with E-state index in [2.05, 4.69) is 41.0 Å². The molecule has 1 amide bonds. The predicted octanol–water partition coefficient (Wildman–Crippen LogP) is 5.29. The van der Waals surface area contributed by atoms with Gasteiger partial charge in [-0.1, -0.05) is 48.5 Å². The molecule has 2 aliphatic rings. The SMILES string of the molecule is CC1CN(C(=O)c2ccccc2)CCN1C1CCN(Cc2ccc(Oc3ccccc3)cc2)CC1. The van der Waals surface area contributed by atoms with Crippen LogP contribution in [0.1, 0.15) is 35.7 Å². The van der Waals surface area contributed by atoms with Crippen molar-refractivity contribution in [2.24, 2.45) is 0 Å². The molecule has 182 valence electrons. The first kappa shape index (κ1) is 23.6. The van der Waals surface area contributed by atoms with Crippen LogP contribution in [0.5, 0.6) is 11.5 Å². The van der Waals surface area contributed by atoms with Crippen LogP contribution in [0.3, 0.4) is 0 Å². The highest BCUT2D eigenvalue weighted by Crippen LogP contribution is 2.25. The number of hydrogen-bond acceptors (Lipinski definition) is 4. The minimum atomic E-state index is 0.159. The molecule has 2 heterocycles. The fraction of sp³-hybridized carbons (Fsp3) is 0.367. The first-order chi connectivity index (χ1) is 17.2. The molecule has 2 aliphatic heterocycles. The molecular weight excluding hydrogens is 434 g/mol. The Labute approximate surface area is 208 Å². The van der Waals surface area contributed by atoms with E-state index < -0.39 is 0 Å². The average molecular weight is 470 g/mol. The van der Waals surface area contributed by atoms with Crippen LogP contribution in [-0.4, -0.2) is 65.4 Å². The van der Waals surface area contributed by atoms with Crippen molar-refractivity contribution in [3.05, 3.63) is 96.1 Å². The Morgan fingerprint density at radius 2 is 1.43 bits per heavy atom. The summed E-state index contributed by atoms with van der Waals surface area (Å²) in [6.45, 7) is 8.07. The second kappa shape index (κ2) is 11.1. The molecule has 3 aromatic rings. The van der Waals surface area contributed by atoms with E-state index in [1.165, 1.54) is 18.4 Å². The summed E-state index contributed by atoms with van der Waals surface area (Å²) in [5.74, 6) is 1.89. The van der Waals surface area contributed by atoms with Crippen LogP contribution < -0.4 is 4.74 Å². The van der Waals surface area contributed by atoms with Crippen molar-refractivity contribution in [1.82, 2.24) is 14.7 Å². The molecule has 0 radical (unpaired) electrons. The van der Waals surface area contributed by atoms with Gasteiger partial charge in [0, 0.05) is 43.8 Å². The van der Waals surface area contributed by atoms with Gasteiger partial charge in [-0.05, 0) is 74.8 Å². The second-order valence-corrected chi connectivity index (χ2v) is 9.77. The molecule has 1 atom stereocenters. The topological polar surface area (TPSA) is 36.0 Å². The maximum Gasteiger partial charge on any atom is 0.253 e. The number of amides is 1. The summed E-state index contributed by atoms with van der Waals surface area (Å²) in [5.41, 5.74) is 2.12. The van der Waals surface area contributed by atoms with Gasteiger partial charge < -0.3 is 9.64 Å². The lowest BCUT2D eigenvalue weighted by atomic mass is 9.99. The summed E-state index contributed by atoms with van der Waals surface area (Å²) < 4.78 is 5.92. The number of para-hydroxylation sites is 1. The van der Waals surface area contributed by atoms with Gasteiger partial charge in [-0.25, -0.2) is 0 Å². The van der Waals surface area contributed by atoms with Crippen LogP contribution in [0.4, 0.5) is 0 Å². The maximum atomic E-state index is 12.9. The van der Waals surface area contributed by atoms with E-state index in [9.17, 15) is 4.79 Å². The molecule has 5 rings (SSSR count). The molecule has 0 bridgehead atoms. The second-order valence-electron chi connectivity index (χ2n) is 9.77. The third kappa shape index (κ3) is 5.92. The minimum Gasteiger partial charge on any atom is -0.457 e. The van der Waals surface area contributed by atoms with E-state index >= 15 is 0 Å². The van der Waals surface area contributed by atoms with Gasteiger partial charge in [-0.15, -0.1) is 0 Å². The third-order valence-electron chi connectivity index (χ3n) is 7.32. The van der Waals surface area contributed by atoms with Gasteiger partial charge in [-0.2, -0.15) is 0 Å². The molecule has 1 unspecified atom stereocenters. The van der Waals surface area contributed by atoms with Gasteiger partial charge in [0.05, 0.1) is 0 Å². The van der Waals surface area contributed by atoms with E-state index in [0.717, 1.165) is 56.3 Å². The van der Waals surface area contributed by atoms with Crippen molar-refractivity contribution in [3.63, 3.8) is 0 Å². The lowest BCUT2D eigenvalue weighted by molar-refractivity contribution is 0.0194. The fourth-order valence-electron chi connectivity index (χ4n) is 5.42. The van der Waals surface area contributed by atoms with Crippen molar-refractivity contribution in [3.8, 4) is 11.5 Å². The lowest BCUT2D eigenvalue weighted by Crippen LogP contribution is -2.58. The molecule has 0 saturated carbocycles. The molecule has 2 fully saturated rings. The summed E-state index contributed by atoms with van der Waals surface area (Å²) in [4.78, 5) is 20.1. The number of carbonyl (C=O) groups is 1. The molecule has 0 aromatic heterocycles. The molecule has 2 saturated heterocycles. The Morgan fingerprint density at radius 3 is 2.09 bits per heavy atom. The number of benzene rings is 3. The first-order valence-corrected chi connectivity index (χ1v) is 12.8. The minimum absolute atomic E-state index is 0.159. The zero-order valence-corrected chi connectivity index (χ0v) is 20.6. The zero-order valence-electron chi connectivity index (χ0n) is 20.6. The van der Waals surface area contributed by atoms with Crippen molar-refractivity contribution < 1.29 is 9.53 Å². The number of likely N-dealkylation sites (tertiary alicyclic amines) is 1. The number of carbonyl (C=O) groups excluding carboxylic acids is 1. The van der Waals surface area contributed by atoms with Crippen molar-refractivity contribution in [2.45, 2.75) is 38.4 Å². The number of nitrogens with zero attached hydrogens (tertiary/aromatic N) is 3. The highest BCUT2D eigenvalue weighted by molar-refractivity contribution is 5.94. The lowest BCUT2D eigenvalue weighted by Gasteiger charge is -2.46. The molecule has 35 heavy (non-hydrogen) atoms. The molecule has 0 spiro atoms. The number of rotatable bonds is 6. The predicted molar refractivity (Wildman–Crippen MR) is 140 cm³/mol. The molecular formula is C30H35N3O2. The Morgan fingerprint density at radius 1 is 0.800 bits per heavy atom. The van der Waals surface area contributed by atoms with E-state index in [-0.39, 0.29) is 5.91 Å². The molecule has 0 N–H and O–H groups in total. The number of ether oxygens (including phenoxy) is 1. The Balaban J connectivity index is 1.08. The van der Waals surface area contributed by atoms with Gasteiger partial charge in [0.2, 0.25) is 0 Å². The fourth-order valence-corrected chi connectivity index (χ4v) is 5.42. The van der Waals surface area contributed by atoms with Crippen LogP contribution in [0.25, 0.3) is 0 Å². The quantitative estimate of drug-likeness (QED) is 0.492. The maximum absolute atomic E-state index is 12.9. The Kier molecular flexibility index (Phi) is 7.45. The Hall–Kier alpha value is -3.15. The highest BCUT2D eigenvalue weighted by atomic mass is 16.5. The zero-order chi connectivity index (χ0) is 24.0. The monoisotopic (exact) mass is 469 g/mol. The van der Waals surface area contributed by atoms with Gasteiger partial charge in [-0.3, -0.25) is 14.6 Å². The number of hydrogen-bond donors (Lipinski definition) is 0. The van der Waals surface area contributed by atoms with Crippen molar-refractivity contribution >= 4 is 5.91 Å². The van der Waals surface area contributed by atoms with E-state index in [4.69, 9.17) is 4.74 Å². The largest absolute Gasteiger partial charge is 0.457 e. The summed E-state index contributed by atoms with van der Waals surface area (Å²) in [7, 11) is 0. The summed E-state index contributed by atoms with van der Waals surface area (Å²) in [5, 5.41) is 0. The Bertz CT molecular complexity index is 1080. The van der Waals surface area contributed by atoms with Crippen LogP contribution in [0, 0.1) is 0 Å². The van der Waals surface area contributed by atoms with Crippen LogP contribution >= 0.6 is 0 Å². The molecule has 5 heteroatoms. The highest BCUT2D eigenvalue weighted by Gasteiger charge is 2.33. The number of piperazine rings is 1. The average Bonchev–Trinajstić information content (AvgIpc) is 2.91.